The van der Waals surface area contributed by atoms with Crippen LogP contribution in [0, 0.1) is 11.3 Å². The first-order valence-electron chi connectivity index (χ1n) is 7.41. The zero-order valence-corrected chi connectivity index (χ0v) is 13.4. The molecule has 0 saturated carbocycles. The van der Waals surface area contributed by atoms with Crippen LogP contribution in [0.3, 0.4) is 0 Å². The number of thiophene rings is 1. The van der Waals surface area contributed by atoms with Gasteiger partial charge in [-0.2, -0.15) is 5.26 Å². The van der Waals surface area contributed by atoms with Gasteiger partial charge in [-0.1, -0.05) is 5.57 Å². The van der Waals surface area contributed by atoms with Gasteiger partial charge in [0.15, 0.2) is 0 Å². The third-order valence-electron chi connectivity index (χ3n) is 4.10. The summed E-state index contributed by atoms with van der Waals surface area (Å²) in [6, 6.07) is 2.29. The fourth-order valence-corrected chi connectivity index (χ4v) is 4.06. The molecule has 0 atom stereocenters. The predicted molar refractivity (Wildman–Crippen MR) is 88.4 cm³/mol. The van der Waals surface area contributed by atoms with Gasteiger partial charge in [0.25, 0.3) is 0 Å². The van der Waals surface area contributed by atoms with Crippen LogP contribution >= 0.6 is 11.3 Å². The molecule has 0 aliphatic carbocycles. The first kappa shape index (κ1) is 14.8. The zero-order chi connectivity index (χ0) is 15.5. The van der Waals surface area contributed by atoms with Crippen molar-refractivity contribution in [1.29, 1.82) is 5.26 Å². The monoisotopic (exact) mass is 314 g/mol. The number of nitrogens with zero attached hydrogens (tertiary/aromatic N) is 3. The highest BCUT2D eigenvalue weighted by atomic mass is 32.1. The normalized spacial score (nSPS) is 16.7. The van der Waals surface area contributed by atoms with Crippen molar-refractivity contribution in [2.75, 3.05) is 25.5 Å². The molecule has 2 aliphatic rings. The molecule has 0 bridgehead atoms. The topological polar surface area (TPSA) is 68.5 Å². The van der Waals surface area contributed by atoms with E-state index in [9.17, 15) is 10.1 Å². The Morgan fingerprint density at radius 2 is 2.41 bits per heavy atom. The number of dihydropyridines is 1. The Labute approximate surface area is 134 Å². The number of carbonyl (C=O) groups is 1. The summed E-state index contributed by atoms with van der Waals surface area (Å²) >= 11 is 1.59. The first-order chi connectivity index (χ1) is 10.7. The predicted octanol–water partition coefficient (Wildman–Crippen LogP) is 2.34. The van der Waals surface area contributed by atoms with Crippen LogP contribution in [0.4, 0.5) is 5.00 Å². The second-order valence-corrected chi connectivity index (χ2v) is 6.55. The number of amides is 1. The Kier molecular flexibility index (Phi) is 4.25. The van der Waals surface area contributed by atoms with E-state index in [-0.39, 0.29) is 5.91 Å². The molecule has 0 unspecified atom stereocenters. The van der Waals surface area contributed by atoms with Gasteiger partial charge in [0.05, 0.1) is 12.1 Å². The minimum Gasteiger partial charge on any atom is -0.379 e. The van der Waals surface area contributed by atoms with E-state index in [1.165, 1.54) is 0 Å². The van der Waals surface area contributed by atoms with Crippen LogP contribution in [0.25, 0.3) is 0 Å². The molecule has 1 N–H and O–H groups in total. The molecule has 0 radical (unpaired) electrons. The Bertz CT molecular complexity index is 696. The smallest absolute Gasteiger partial charge is 0.227 e. The third kappa shape index (κ3) is 2.77. The van der Waals surface area contributed by atoms with Crippen molar-refractivity contribution >= 4 is 28.5 Å². The van der Waals surface area contributed by atoms with Gasteiger partial charge in [-0.3, -0.25) is 9.79 Å². The average Bonchev–Trinajstić information content (AvgIpc) is 2.92. The van der Waals surface area contributed by atoms with Crippen LogP contribution in [0.1, 0.15) is 28.8 Å². The summed E-state index contributed by atoms with van der Waals surface area (Å²) in [6.45, 7) is 2.10. The van der Waals surface area contributed by atoms with E-state index < -0.39 is 0 Å². The highest BCUT2D eigenvalue weighted by Gasteiger charge is 2.26. The first-order valence-corrected chi connectivity index (χ1v) is 8.22. The van der Waals surface area contributed by atoms with Gasteiger partial charge < -0.3 is 10.2 Å². The number of nitriles is 1. The molecule has 3 heterocycles. The molecule has 5 nitrogen and oxygen atoms in total. The standard InChI is InChI=1S/C16H18N4OS/c1-18-16-13(9-17)12-4-7-20(10-14(12)22-16)15(21)8-11-2-5-19-6-3-11/h2,5,18H,3-4,6-8,10H2,1H3. The van der Waals surface area contributed by atoms with Crippen molar-refractivity contribution in [3.63, 3.8) is 0 Å². The Hall–Kier alpha value is -2.13. The average molecular weight is 314 g/mol. The van der Waals surface area contributed by atoms with Crippen LogP contribution in [-0.2, 0) is 17.8 Å². The van der Waals surface area contributed by atoms with Gasteiger partial charge >= 0.3 is 0 Å². The second kappa shape index (κ2) is 6.32. The lowest BCUT2D eigenvalue weighted by Crippen LogP contribution is -2.35. The number of aliphatic imine (C=N–C) groups is 1. The minimum absolute atomic E-state index is 0.171. The molecule has 1 aromatic rings. The molecule has 1 amide bonds. The van der Waals surface area contributed by atoms with Crippen molar-refractivity contribution < 1.29 is 4.79 Å². The number of fused-ring (bicyclic) bond motifs is 1. The van der Waals surface area contributed by atoms with Gasteiger partial charge in [0.2, 0.25) is 5.91 Å². The van der Waals surface area contributed by atoms with E-state index in [1.54, 1.807) is 17.6 Å². The van der Waals surface area contributed by atoms with Crippen LogP contribution in [0.15, 0.2) is 16.6 Å². The molecule has 0 fully saturated rings. The molecule has 0 aromatic carbocycles. The summed E-state index contributed by atoms with van der Waals surface area (Å²) in [4.78, 5) is 19.7. The van der Waals surface area contributed by atoms with Gasteiger partial charge in [0.1, 0.15) is 11.1 Å². The zero-order valence-electron chi connectivity index (χ0n) is 12.6. The summed E-state index contributed by atoms with van der Waals surface area (Å²) in [5.41, 5.74) is 3.02. The SMILES string of the molecule is CNc1sc2c(c1C#N)CCN(C(=O)CC1=CC=NCC1)C2. The Balaban J connectivity index is 1.73. The fraction of sp³-hybridized carbons (Fsp3) is 0.438. The molecule has 22 heavy (non-hydrogen) atoms. The van der Waals surface area contributed by atoms with E-state index in [2.05, 4.69) is 16.4 Å². The molecule has 6 heteroatoms. The second-order valence-electron chi connectivity index (χ2n) is 5.44. The number of rotatable bonds is 3. The van der Waals surface area contributed by atoms with E-state index in [0.29, 0.717) is 19.5 Å². The van der Waals surface area contributed by atoms with E-state index in [1.807, 2.05) is 18.0 Å². The molecule has 0 spiro atoms. The van der Waals surface area contributed by atoms with Crippen LogP contribution < -0.4 is 5.32 Å². The molecule has 3 rings (SSSR count). The van der Waals surface area contributed by atoms with E-state index in [4.69, 9.17) is 0 Å². The van der Waals surface area contributed by atoms with Crippen molar-refractivity contribution in [3.8, 4) is 6.07 Å². The lowest BCUT2D eigenvalue weighted by molar-refractivity contribution is -0.131. The number of hydrogen-bond acceptors (Lipinski definition) is 5. The quantitative estimate of drug-likeness (QED) is 0.931. The maximum Gasteiger partial charge on any atom is 0.227 e. The van der Waals surface area contributed by atoms with E-state index in [0.717, 1.165) is 46.0 Å². The Morgan fingerprint density at radius 1 is 1.55 bits per heavy atom. The molecule has 0 saturated heterocycles. The number of anilines is 1. The van der Waals surface area contributed by atoms with Gasteiger partial charge in [0, 0.05) is 37.6 Å². The third-order valence-corrected chi connectivity index (χ3v) is 5.34. The number of hydrogen-bond donors (Lipinski definition) is 1. The van der Waals surface area contributed by atoms with Crippen LogP contribution in [-0.4, -0.2) is 37.2 Å². The van der Waals surface area contributed by atoms with E-state index >= 15 is 0 Å². The molecule has 1 aromatic heterocycles. The molecular weight excluding hydrogens is 296 g/mol. The minimum atomic E-state index is 0.171. The number of nitrogens with one attached hydrogen (secondary N) is 1. The number of carbonyl (C=O) groups excluding carboxylic acids is 1. The molecular formula is C16H18N4OS. The number of allylic oxidation sites excluding steroid dienone is 1. The highest BCUT2D eigenvalue weighted by Crippen LogP contribution is 2.36. The summed E-state index contributed by atoms with van der Waals surface area (Å²) in [6.07, 6.45) is 5.87. The summed E-state index contributed by atoms with van der Waals surface area (Å²) < 4.78 is 0. The highest BCUT2D eigenvalue weighted by molar-refractivity contribution is 7.16. The maximum atomic E-state index is 12.5. The van der Waals surface area contributed by atoms with Gasteiger partial charge in [-0.15, -0.1) is 11.3 Å². The van der Waals surface area contributed by atoms with Gasteiger partial charge in [-0.05, 0) is 24.5 Å². The fourth-order valence-electron chi connectivity index (χ4n) is 2.89. The van der Waals surface area contributed by atoms with Crippen LogP contribution in [0.2, 0.25) is 0 Å². The lowest BCUT2D eigenvalue weighted by Gasteiger charge is -2.27. The lowest BCUT2D eigenvalue weighted by atomic mass is 10.0. The van der Waals surface area contributed by atoms with Gasteiger partial charge in [-0.25, -0.2) is 0 Å². The van der Waals surface area contributed by atoms with Crippen molar-refractivity contribution in [2.45, 2.75) is 25.8 Å². The molecule has 2 aliphatic heterocycles. The maximum absolute atomic E-state index is 12.5. The van der Waals surface area contributed by atoms with Crippen molar-refractivity contribution in [3.05, 3.63) is 27.7 Å². The summed E-state index contributed by atoms with van der Waals surface area (Å²) in [5, 5.41) is 13.3. The largest absolute Gasteiger partial charge is 0.379 e. The summed E-state index contributed by atoms with van der Waals surface area (Å²) in [5.74, 6) is 0.171. The summed E-state index contributed by atoms with van der Waals surface area (Å²) in [7, 11) is 1.83. The van der Waals surface area contributed by atoms with Crippen LogP contribution in [0.5, 0.6) is 0 Å². The van der Waals surface area contributed by atoms with Crippen molar-refractivity contribution in [2.24, 2.45) is 4.99 Å². The Morgan fingerprint density at radius 3 is 3.09 bits per heavy atom. The molecule has 114 valence electrons. The van der Waals surface area contributed by atoms with Crippen molar-refractivity contribution in [1.82, 2.24) is 4.90 Å².